The summed E-state index contributed by atoms with van der Waals surface area (Å²) in [6, 6.07) is 9.52. The Labute approximate surface area is 232 Å². The van der Waals surface area contributed by atoms with Crippen molar-refractivity contribution in [2.75, 3.05) is 0 Å². The molecule has 1 heterocycles. The Bertz CT molecular complexity index is 1400. The zero-order valence-electron chi connectivity index (χ0n) is 21.3. The van der Waals surface area contributed by atoms with Crippen LogP contribution in [0.1, 0.15) is 61.5 Å². The Morgan fingerprint density at radius 1 is 1.18 bits per heavy atom. The minimum Gasteiger partial charge on any atom is -0.312 e. The molecule has 0 saturated carbocycles. The Morgan fingerprint density at radius 3 is 2.63 bits per heavy atom. The first-order valence-corrected chi connectivity index (χ1v) is 14.3. The van der Waals surface area contributed by atoms with E-state index in [0.717, 1.165) is 11.6 Å². The highest BCUT2D eigenvalue weighted by Crippen LogP contribution is 2.39. The molecule has 0 unspecified atom stereocenters. The van der Waals surface area contributed by atoms with Crippen molar-refractivity contribution in [3.63, 3.8) is 0 Å². The summed E-state index contributed by atoms with van der Waals surface area (Å²) >= 11 is -1.12. The van der Waals surface area contributed by atoms with Crippen LogP contribution in [0.4, 0.5) is 13.2 Å². The third-order valence-electron chi connectivity index (χ3n) is 6.35. The van der Waals surface area contributed by atoms with Crippen molar-refractivity contribution in [1.82, 2.24) is 4.98 Å². The number of rotatable bonds is 11. The normalized spacial score (nSPS) is 15.2. The molecular weight excluding hydrogens is 598 g/mol. The molecule has 196 valence electrons. The molecule has 1 aromatic carbocycles. The largest absolute Gasteiger partial charge is 0.418 e. The smallest absolute Gasteiger partial charge is 0.312 e. The van der Waals surface area contributed by atoms with Crippen molar-refractivity contribution >= 4 is 32.8 Å². The SMILES string of the molecule is C=C(c1ccccc1I=N)c1nc([C@H](C[C@@H](C)C2=CC#CCC#C2)C[C@@H](C=N)/C=C/C)ccc1C(F)(F)F. The second-order valence-electron chi connectivity index (χ2n) is 9.01. The molecule has 0 aliphatic heterocycles. The molecule has 3 nitrogen and oxygen atoms in total. The predicted octanol–water partition coefficient (Wildman–Crippen LogP) is 8.74. The molecule has 1 aliphatic carbocycles. The summed E-state index contributed by atoms with van der Waals surface area (Å²) in [5.74, 6) is 11.7. The molecule has 3 rings (SSSR count). The summed E-state index contributed by atoms with van der Waals surface area (Å²) in [7, 11) is 0. The zero-order valence-corrected chi connectivity index (χ0v) is 23.5. The van der Waals surface area contributed by atoms with Crippen molar-refractivity contribution in [2.24, 2.45) is 11.8 Å². The van der Waals surface area contributed by atoms with Crippen LogP contribution < -0.4 is 0 Å². The van der Waals surface area contributed by atoms with Crippen molar-refractivity contribution in [1.29, 1.82) is 8.97 Å². The van der Waals surface area contributed by atoms with E-state index in [0.29, 0.717) is 34.1 Å². The number of benzene rings is 1. The lowest BCUT2D eigenvalue weighted by atomic mass is 9.82. The molecule has 0 spiro atoms. The van der Waals surface area contributed by atoms with E-state index < -0.39 is 32.8 Å². The lowest BCUT2D eigenvalue weighted by Gasteiger charge is -2.24. The maximum atomic E-state index is 14.1. The van der Waals surface area contributed by atoms with E-state index in [1.54, 1.807) is 24.3 Å². The van der Waals surface area contributed by atoms with E-state index in [-0.39, 0.29) is 29.0 Å². The first-order chi connectivity index (χ1) is 18.2. The molecule has 7 heteroatoms. The van der Waals surface area contributed by atoms with Crippen LogP contribution in [0.2, 0.25) is 0 Å². The van der Waals surface area contributed by atoms with Crippen LogP contribution in [0.3, 0.4) is 0 Å². The maximum absolute atomic E-state index is 14.1. The number of nitrogens with one attached hydrogen (secondary N) is 2. The van der Waals surface area contributed by atoms with Crippen LogP contribution in [0.15, 0.2) is 66.8 Å². The lowest BCUT2D eigenvalue weighted by molar-refractivity contribution is -0.138. The Kier molecular flexibility index (Phi) is 10.4. The van der Waals surface area contributed by atoms with Gasteiger partial charge < -0.3 is 5.41 Å². The lowest BCUT2D eigenvalue weighted by Crippen LogP contribution is -2.16. The van der Waals surface area contributed by atoms with E-state index in [9.17, 15) is 13.2 Å². The highest BCUT2D eigenvalue weighted by atomic mass is 127. The first-order valence-electron chi connectivity index (χ1n) is 12.2. The number of hydrogen-bond donors (Lipinski definition) is 2. The Hall–Kier alpha value is -3.30. The van der Waals surface area contributed by atoms with Crippen LogP contribution >= 0.6 is 21.0 Å². The average molecular weight is 627 g/mol. The molecule has 0 amide bonds. The van der Waals surface area contributed by atoms with Gasteiger partial charge in [-0.3, -0.25) is 8.55 Å². The molecule has 0 saturated heterocycles. The number of nitrogens with zero attached hydrogens (tertiary/aromatic N) is 1. The number of hydrogen-bond acceptors (Lipinski definition) is 3. The molecule has 2 N–H and O–H groups in total. The van der Waals surface area contributed by atoms with Gasteiger partial charge >= 0.3 is 6.18 Å². The van der Waals surface area contributed by atoms with E-state index in [2.05, 4.69) is 35.2 Å². The van der Waals surface area contributed by atoms with Gasteiger partial charge in [0.2, 0.25) is 0 Å². The molecule has 0 bridgehead atoms. The Morgan fingerprint density at radius 2 is 1.95 bits per heavy atom. The van der Waals surface area contributed by atoms with Crippen molar-refractivity contribution < 1.29 is 13.2 Å². The zero-order chi connectivity index (χ0) is 27.7. The molecule has 3 atom stereocenters. The van der Waals surface area contributed by atoms with Gasteiger partial charge in [0.1, 0.15) is 0 Å². The summed E-state index contributed by atoms with van der Waals surface area (Å²) in [5.41, 5.74) is 1.04. The summed E-state index contributed by atoms with van der Waals surface area (Å²) in [6.45, 7) is 7.93. The van der Waals surface area contributed by atoms with Gasteiger partial charge in [0.05, 0.1) is 17.7 Å². The predicted molar refractivity (Wildman–Crippen MR) is 156 cm³/mol. The van der Waals surface area contributed by atoms with Gasteiger partial charge in [-0.1, -0.05) is 67.5 Å². The minimum absolute atomic E-state index is 0.00132. The highest BCUT2D eigenvalue weighted by molar-refractivity contribution is 14.2. The quantitative estimate of drug-likeness (QED) is 0.111. The van der Waals surface area contributed by atoms with Crippen LogP contribution in [0.25, 0.3) is 5.57 Å². The molecular formula is C31H29F3IN3. The molecule has 38 heavy (non-hydrogen) atoms. The second kappa shape index (κ2) is 13.5. The van der Waals surface area contributed by atoms with Crippen LogP contribution in [0, 0.1) is 48.1 Å². The second-order valence-corrected chi connectivity index (χ2v) is 10.7. The van der Waals surface area contributed by atoms with Crippen molar-refractivity contribution in [2.45, 2.75) is 45.2 Å². The number of allylic oxidation sites excluding steroid dienone is 4. The van der Waals surface area contributed by atoms with Crippen LogP contribution in [0.5, 0.6) is 0 Å². The molecule has 0 radical (unpaired) electrons. The van der Waals surface area contributed by atoms with Gasteiger partial charge in [0, 0.05) is 65.6 Å². The number of pyridine rings is 1. The maximum Gasteiger partial charge on any atom is 0.418 e. The highest BCUT2D eigenvalue weighted by Gasteiger charge is 2.36. The van der Waals surface area contributed by atoms with E-state index in [1.165, 1.54) is 12.3 Å². The number of halogens is 4. The fourth-order valence-electron chi connectivity index (χ4n) is 4.42. The minimum atomic E-state index is -4.61. The summed E-state index contributed by atoms with van der Waals surface area (Å²) in [4.78, 5) is 4.60. The summed E-state index contributed by atoms with van der Waals surface area (Å²) < 4.78 is 51.0. The van der Waals surface area contributed by atoms with Gasteiger partial charge in [0.25, 0.3) is 0 Å². The number of aromatic nitrogens is 1. The molecule has 2 aromatic rings. The van der Waals surface area contributed by atoms with E-state index in [1.807, 2.05) is 32.1 Å². The molecule has 1 aromatic heterocycles. The summed E-state index contributed by atoms with van der Waals surface area (Å²) in [6.07, 6.45) is 3.95. The monoisotopic (exact) mass is 627 g/mol. The average Bonchev–Trinajstić information content (AvgIpc) is 3.21. The van der Waals surface area contributed by atoms with E-state index in [4.69, 9.17) is 8.97 Å². The summed E-state index contributed by atoms with van der Waals surface area (Å²) in [5, 5.41) is 7.88. The van der Waals surface area contributed by atoms with Crippen LogP contribution in [-0.4, -0.2) is 11.2 Å². The van der Waals surface area contributed by atoms with Gasteiger partial charge in [0.15, 0.2) is 0 Å². The topological polar surface area (TPSA) is 60.6 Å². The first kappa shape index (κ1) is 29.3. The molecule has 0 fully saturated rings. The van der Waals surface area contributed by atoms with Gasteiger partial charge in [-0.05, 0) is 49.4 Å². The van der Waals surface area contributed by atoms with Gasteiger partial charge in [-0.15, -0.1) is 0 Å². The van der Waals surface area contributed by atoms with Gasteiger partial charge in [-0.2, -0.15) is 13.2 Å². The third-order valence-corrected chi connectivity index (χ3v) is 7.87. The fraction of sp³-hybridized carbons (Fsp3) is 0.290. The Balaban J connectivity index is 2.12. The van der Waals surface area contributed by atoms with Crippen LogP contribution in [-0.2, 0) is 6.18 Å². The fourth-order valence-corrected chi connectivity index (χ4v) is 5.60. The third kappa shape index (κ3) is 7.39. The van der Waals surface area contributed by atoms with Crippen molar-refractivity contribution in [3.8, 4) is 23.7 Å². The van der Waals surface area contributed by atoms with E-state index >= 15 is 0 Å². The molecule has 1 aliphatic rings. The number of alkyl halides is 3. The standard InChI is InChI=1S/C31H29F3IN3/c1-4-11-23(20-36)19-25(18-21(2)24-12-7-5-6-8-13-24)29-17-16-27(31(32,33)34)30(38-29)22(3)26-14-9-10-15-28(26)35-37/h4,9-11,13-17,20-21,23,25,36-37H,3,5,18-19H2,1-2H3/b11-4+,36-20?/t21-,23+,25-/m1/s1. The van der Waals surface area contributed by atoms with Gasteiger partial charge in [-0.25, -0.2) is 0 Å². The van der Waals surface area contributed by atoms with Crippen molar-refractivity contribution in [3.05, 3.63) is 92.9 Å².